The monoisotopic (exact) mass is 884 g/mol. The van der Waals surface area contributed by atoms with Crippen LogP contribution in [0.4, 0.5) is 0 Å². The summed E-state index contributed by atoms with van der Waals surface area (Å²) in [6.45, 7) is 6.49. The van der Waals surface area contributed by atoms with Crippen molar-refractivity contribution in [3.63, 3.8) is 0 Å². The SMILES string of the molecule is C[C@@H]1CC2=C3[C@H]4C5=C6C=C(Cc7cccc(c7)CCCC[C@H]7[C@]68C(=O)O/C(=C\C[C@@H](CC6CCCCC6)N6C[C@H]9C[C@@H](C6)[C@H](C=C2)N3C9)[C@@]8(CC5)[C@]72OC(=O)c3c(CCCN)cccc32)[C@@H]41. The Balaban J connectivity index is 1.05. The first-order valence-corrected chi connectivity index (χ1v) is 26.8. The molecule has 6 aliphatic carbocycles. The molecule has 5 fully saturated rings. The molecular formula is C59H69N3O4. The lowest BCUT2D eigenvalue weighted by Gasteiger charge is -2.71. The van der Waals surface area contributed by atoms with Crippen molar-refractivity contribution in [2.24, 2.45) is 58.0 Å². The molecule has 1 unspecified atom stereocenters. The van der Waals surface area contributed by atoms with Crippen molar-refractivity contribution in [2.45, 2.75) is 140 Å². The lowest BCUT2D eigenvalue weighted by atomic mass is 9.29. The molecule has 2 saturated carbocycles. The molecule has 3 saturated heterocycles. The summed E-state index contributed by atoms with van der Waals surface area (Å²) < 4.78 is 14.5. The molecule has 344 valence electrons. The van der Waals surface area contributed by atoms with Crippen LogP contribution in [0.15, 0.2) is 101 Å². The van der Waals surface area contributed by atoms with Crippen LogP contribution in [0.3, 0.4) is 0 Å². The number of ether oxygens (including phenoxy) is 2. The second-order valence-electron chi connectivity index (χ2n) is 23.5. The number of nitrogens with zero attached hydrogens (tertiary/aromatic N) is 2. The fourth-order valence-corrected chi connectivity index (χ4v) is 18.3. The summed E-state index contributed by atoms with van der Waals surface area (Å²) in [6.07, 6.45) is 29.2. The third-order valence-electron chi connectivity index (χ3n) is 20.5. The number of aryl methyl sites for hydroxylation is 2. The van der Waals surface area contributed by atoms with E-state index in [2.05, 4.69) is 83.5 Å². The molecular weight excluding hydrogens is 815 g/mol. The first-order chi connectivity index (χ1) is 32.3. The maximum absolute atomic E-state index is 16.2. The second kappa shape index (κ2) is 14.9. The normalized spacial score (nSPS) is 41.1. The van der Waals surface area contributed by atoms with Crippen LogP contribution in [-0.4, -0.2) is 60.0 Å². The van der Waals surface area contributed by atoms with Crippen LogP contribution in [-0.2, 0) is 39.1 Å². The van der Waals surface area contributed by atoms with E-state index < -0.39 is 16.4 Å². The first kappa shape index (κ1) is 40.8. The van der Waals surface area contributed by atoms with Gasteiger partial charge >= 0.3 is 11.9 Å². The zero-order chi connectivity index (χ0) is 44.1. The third-order valence-corrected chi connectivity index (χ3v) is 20.5. The Hall–Kier alpha value is -4.20. The van der Waals surface area contributed by atoms with E-state index in [0.29, 0.717) is 42.3 Å². The van der Waals surface area contributed by atoms with Crippen LogP contribution in [0.25, 0.3) is 0 Å². The van der Waals surface area contributed by atoms with Gasteiger partial charge in [0.15, 0.2) is 5.60 Å². The van der Waals surface area contributed by atoms with Gasteiger partial charge in [-0.1, -0.05) is 117 Å². The van der Waals surface area contributed by atoms with Gasteiger partial charge in [-0.2, -0.15) is 0 Å². The van der Waals surface area contributed by atoms with Crippen LogP contribution >= 0.6 is 0 Å². The number of hydrogen-bond acceptors (Lipinski definition) is 7. The van der Waals surface area contributed by atoms with Gasteiger partial charge in [-0.3, -0.25) is 9.69 Å². The number of fused-ring (bicyclic) bond motifs is 6. The fraction of sp³-hybridized carbons (Fsp3) is 0.593. The highest BCUT2D eigenvalue weighted by molar-refractivity contribution is 6.00. The maximum atomic E-state index is 16.2. The Morgan fingerprint density at radius 3 is 2.70 bits per heavy atom. The van der Waals surface area contributed by atoms with Gasteiger partial charge in [-0.15, -0.1) is 0 Å². The van der Waals surface area contributed by atoms with E-state index in [9.17, 15) is 4.79 Å². The molecule has 9 aliphatic heterocycles. The van der Waals surface area contributed by atoms with E-state index in [0.717, 1.165) is 119 Å². The highest BCUT2D eigenvalue weighted by atomic mass is 16.6. The molecule has 9 heterocycles. The van der Waals surface area contributed by atoms with Crippen LogP contribution in [0, 0.1) is 52.3 Å². The Morgan fingerprint density at radius 1 is 0.939 bits per heavy atom. The van der Waals surface area contributed by atoms with Crippen molar-refractivity contribution in [3.8, 4) is 0 Å². The number of esters is 2. The third kappa shape index (κ3) is 5.28. The van der Waals surface area contributed by atoms with E-state index >= 15 is 4.79 Å². The summed E-state index contributed by atoms with van der Waals surface area (Å²) in [5.74, 6) is 3.26. The molecule has 2 aromatic rings. The quantitative estimate of drug-likeness (QED) is 0.300. The number of allylic oxidation sites excluding steroid dienone is 5. The molecule has 2 aromatic carbocycles. The van der Waals surface area contributed by atoms with Gasteiger partial charge in [-0.05, 0) is 147 Å². The van der Waals surface area contributed by atoms with Gasteiger partial charge < -0.3 is 20.1 Å². The predicted octanol–water partition coefficient (Wildman–Crippen LogP) is 10.4. The van der Waals surface area contributed by atoms with Crippen molar-refractivity contribution in [3.05, 3.63) is 128 Å². The molecule has 15 bridgehead atoms. The van der Waals surface area contributed by atoms with Gasteiger partial charge in [0.05, 0.1) is 17.0 Å². The van der Waals surface area contributed by atoms with Crippen LogP contribution in [0.5, 0.6) is 0 Å². The number of carbonyl (C=O) groups is 2. The molecule has 7 heteroatoms. The summed E-state index contributed by atoms with van der Waals surface area (Å²) in [5.41, 5.74) is 16.2. The summed E-state index contributed by atoms with van der Waals surface area (Å²) in [6, 6.07) is 16.7. The fourth-order valence-electron chi connectivity index (χ4n) is 18.3. The lowest BCUT2D eigenvalue weighted by molar-refractivity contribution is -0.275. The number of carbonyl (C=O) groups excluding carboxylic acids is 2. The van der Waals surface area contributed by atoms with E-state index in [1.54, 1.807) is 11.3 Å². The lowest BCUT2D eigenvalue weighted by Crippen LogP contribution is -2.77. The number of nitrogens with two attached hydrogens (primary N) is 1. The summed E-state index contributed by atoms with van der Waals surface area (Å²) in [5, 5.41) is 0. The molecule has 2 N–H and O–H groups in total. The minimum absolute atomic E-state index is 0.0812. The number of hydrogen-bond donors (Lipinski definition) is 1. The van der Waals surface area contributed by atoms with Gasteiger partial charge in [0, 0.05) is 48.8 Å². The predicted molar refractivity (Wildman–Crippen MR) is 256 cm³/mol. The molecule has 12 atom stereocenters. The van der Waals surface area contributed by atoms with Crippen molar-refractivity contribution >= 4 is 11.9 Å². The Bertz CT molecular complexity index is 2590. The highest BCUT2D eigenvalue weighted by Gasteiger charge is 2.92. The maximum Gasteiger partial charge on any atom is 0.339 e. The smallest absolute Gasteiger partial charge is 0.339 e. The van der Waals surface area contributed by atoms with Gasteiger partial charge in [0.2, 0.25) is 0 Å². The molecule has 15 aliphatic rings. The van der Waals surface area contributed by atoms with Crippen LogP contribution in [0.1, 0.15) is 136 Å². The van der Waals surface area contributed by atoms with Crippen LogP contribution in [0.2, 0.25) is 0 Å². The average Bonchev–Trinajstić information content (AvgIpc) is 3.77. The standard InChI is InChI=1S/C59H69N3O4/c1-35-26-41-19-21-48-43-29-39-32-61(34-43)44(30-37-10-3-2-4-11-37)20-22-50-57-24-23-45-47-31-42(51(35)53(45)54(41)62(48)33-39)28-38-14-7-13-36(27-38)12-5-6-18-49(58(47,57)56(64)65-50)59(57)46-17-8-15-40(16-9-25-60)52(46)55(63)66-59/h7-8,13-15,17,19,21-22,27,31,35,37,39,43-44,48-49,51,53H,2-6,9-12,16,18,20,23-26,28-30,32-34,60H2,1H3/b50-22-/t35-,39-,43+,44+,48+,49+,51+,53+,57-,58+,59-/m1/s1. The molecule has 0 radical (unpaired) electrons. The van der Waals surface area contributed by atoms with E-state index in [1.807, 2.05) is 0 Å². The molecule has 3 spiro atoms. The Morgan fingerprint density at radius 2 is 1.80 bits per heavy atom. The molecule has 0 amide bonds. The summed E-state index contributed by atoms with van der Waals surface area (Å²) in [7, 11) is 0. The van der Waals surface area contributed by atoms with Crippen LogP contribution < -0.4 is 5.73 Å². The topological polar surface area (TPSA) is 85.1 Å². The van der Waals surface area contributed by atoms with E-state index in [4.69, 9.17) is 15.2 Å². The number of benzene rings is 2. The average molecular weight is 884 g/mol. The molecule has 0 aromatic heterocycles. The second-order valence-corrected chi connectivity index (χ2v) is 23.5. The molecule has 66 heavy (non-hydrogen) atoms. The summed E-state index contributed by atoms with van der Waals surface area (Å²) >= 11 is 0. The minimum atomic E-state index is -1.01. The zero-order valence-corrected chi connectivity index (χ0v) is 39.2. The molecule has 7 nitrogen and oxygen atoms in total. The van der Waals surface area contributed by atoms with Crippen molar-refractivity contribution in [1.29, 1.82) is 0 Å². The summed E-state index contributed by atoms with van der Waals surface area (Å²) in [4.78, 5) is 37.1. The highest BCUT2D eigenvalue weighted by Crippen LogP contribution is 2.87. The van der Waals surface area contributed by atoms with Crippen molar-refractivity contribution in [2.75, 3.05) is 26.2 Å². The Kier molecular flexibility index (Phi) is 9.22. The molecule has 17 rings (SSSR count). The number of rotatable bonds is 5. The van der Waals surface area contributed by atoms with E-state index in [1.165, 1.54) is 72.8 Å². The van der Waals surface area contributed by atoms with Gasteiger partial charge in [-0.25, -0.2) is 4.79 Å². The number of piperidine rings is 2. The van der Waals surface area contributed by atoms with Gasteiger partial charge in [0.25, 0.3) is 0 Å². The van der Waals surface area contributed by atoms with Gasteiger partial charge in [0.1, 0.15) is 11.2 Å². The van der Waals surface area contributed by atoms with Crippen molar-refractivity contribution in [1.82, 2.24) is 9.80 Å². The largest absolute Gasteiger partial charge is 0.449 e. The van der Waals surface area contributed by atoms with E-state index in [-0.39, 0.29) is 23.8 Å². The zero-order valence-electron chi connectivity index (χ0n) is 39.2. The minimum Gasteiger partial charge on any atom is -0.449 e. The Labute approximate surface area is 392 Å². The van der Waals surface area contributed by atoms with Crippen molar-refractivity contribution < 1.29 is 19.1 Å². The first-order valence-electron chi connectivity index (χ1n) is 26.8.